The summed E-state index contributed by atoms with van der Waals surface area (Å²) in [5, 5.41) is 0.872. The third-order valence-corrected chi connectivity index (χ3v) is 6.57. The Hall–Kier alpha value is -2.02. The molecule has 0 spiro atoms. The lowest BCUT2D eigenvalue weighted by Gasteiger charge is -2.09. The summed E-state index contributed by atoms with van der Waals surface area (Å²) in [4.78, 5) is 14.5. The van der Waals surface area contributed by atoms with Crippen LogP contribution in [0.3, 0.4) is 0 Å². The molecule has 0 atom stereocenters. The van der Waals surface area contributed by atoms with Crippen molar-refractivity contribution in [2.45, 2.75) is 30.1 Å². The molecular weight excluding hydrogens is 395 g/mol. The van der Waals surface area contributed by atoms with Crippen LogP contribution in [0, 0.1) is 13.8 Å². The number of amides is 1. The average Bonchev–Trinajstić information content (AvgIpc) is 2.83. The molecule has 0 saturated carbocycles. The van der Waals surface area contributed by atoms with E-state index in [1.165, 1.54) is 12.1 Å². The van der Waals surface area contributed by atoms with Gasteiger partial charge < -0.3 is 10.7 Å². The van der Waals surface area contributed by atoms with Gasteiger partial charge in [0.2, 0.25) is 15.7 Å². The summed E-state index contributed by atoms with van der Waals surface area (Å²) in [7, 11) is -3.91. The zero-order chi connectivity index (χ0) is 19.2. The Labute approximate surface area is 161 Å². The van der Waals surface area contributed by atoms with Gasteiger partial charge in [-0.1, -0.05) is 29.3 Å². The van der Waals surface area contributed by atoms with Gasteiger partial charge in [-0.3, -0.25) is 4.79 Å². The van der Waals surface area contributed by atoms with Crippen molar-refractivity contribution in [1.82, 2.24) is 4.98 Å². The highest BCUT2D eigenvalue weighted by atomic mass is 35.5. The Balaban J connectivity index is 2.37. The number of aromatic nitrogens is 1. The lowest BCUT2D eigenvalue weighted by Crippen LogP contribution is -2.16. The van der Waals surface area contributed by atoms with Crippen LogP contribution in [0.15, 0.2) is 40.1 Å². The minimum absolute atomic E-state index is 0.00475. The SMILES string of the molecule is Cc1cc(C)cc(S(=O)(=O)c2c(CC(N)=O)[nH]c3cc(Cl)c(Cl)cc23)c1. The van der Waals surface area contributed by atoms with Crippen LogP contribution in [0.1, 0.15) is 16.8 Å². The topological polar surface area (TPSA) is 93.0 Å². The molecule has 3 N–H and O–H groups in total. The minimum Gasteiger partial charge on any atom is -0.369 e. The van der Waals surface area contributed by atoms with E-state index < -0.39 is 15.7 Å². The number of hydrogen-bond donors (Lipinski definition) is 2. The van der Waals surface area contributed by atoms with Crippen LogP contribution >= 0.6 is 23.2 Å². The van der Waals surface area contributed by atoms with Crippen molar-refractivity contribution in [3.05, 3.63) is 57.2 Å². The van der Waals surface area contributed by atoms with Gasteiger partial charge >= 0.3 is 0 Å². The van der Waals surface area contributed by atoms with E-state index in [0.717, 1.165) is 11.1 Å². The Morgan fingerprint density at radius 2 is 1.62 bits per heavy atom. The maximum Gasteiger partial charge on any atom is 0.223 e. The highest BCUT2D eigenvalue weighted by molar-refractivity contribution is 7.91. The van der Waals surface area contributed by atoms with Gasteiger partial charge in [-0.05, 0) is 49.2 Å². The fraction of sp³-hybridized carbons (Fsp3) is 0.167. The fourth-order valence-corrected chi connectivity index (χ4v) is 5.18. The van der Waals surface area contributed by atoms with Crippen LogP contribution < -0.4 is 5.73 Å². The first-order valence-electron chi connectivity index (χ1n) is 7.71. The molecule has 8 heteroatoms. The number of H-pyrrole nitrogens is 1. The van der Waals surface area contributed by atoms with Crippen LogP contribution in [-0.2, 0) is 21.1 Å². The maximum absolute atomic E-state index is 13.4. The summed E-state index contributed by atoms with van der Waals surface area (Å²) in [5.41, 5.74) is 7.62. The number of halogens is 2. The van der Waals surface area contributed by atoms with Crippen LogP contribution in [0.4, 0.5) is 0 Å². The molecule has 136 valence electrons. The number of carbonyl (C=O) groups is 1. The van der Waals surface area contributed by atoms with Crippen LogP contribution in [0.25, 0.3) is 10.9 Å². The van der Waals surface area contributed by atoms with Gasteiger partial charge in [0.05, 0.1) is 21.4 Å². The van der Waals surface area contributed by atoms with E-state index in [1.54, 1.807) is 12.1 Å². The molecular formula is C18H16Cl2N2O3S. The predicted octanol–water partition coefficient (Wildman–Crippen LogP) is 3.95. The first kappa shape index (κ1) is 18.8. The number of sulfone groups is 1. The van der Waals surface area contributed by atoms with Crippen molar-refractivity contribution in [1.29, 1.82) is 0 Å². The Kier molecular flexibility index (Phi) is 4.77. The van der Waals surface area contributed by atoms with Gasteiger partial charge in [-0.25, -0.2) is 8.42 Å². The number of rotatable bonds is 4. The van der Waals surface area contributed by atoms with Gasteiger partial charge in [0.25, 0.3) is 0 Å². The quantitative estimate of drug-likeness (QED) is 0.681. The number of aromatic amines is 1. The molecule has 0 unspecified atom stereocenters. The minimum atomic E-state index is -3.91. The molecule has 26 heavy (non-hydrogen) atoms. The van der Waals surface area contributed by atoms with Gasteiger partial charge in [-0.15, -0.1) is 0 Å². The summed E-state index contributed by atoms with van der Waals surface area (Å²) in [5.74, 6) is -0.648. The van der Waals surface area contributed by atoms with Gasteiger partial charge in [0, 0.05) is 16.6 Å². The van der Waals surface area contributed by atoms with Gasteiger partial charge in [0.1, 0.15) is 4.90 Å². The summed E-state index contributed by atoms with van der Waals surface area (Å²) in [6.45, 7) is 3.64. The summed E-state index contributed by atoms with van der Waals surface area (Å²) in [6.07, 6.45) is -0.247. The molecule has 1 amide bonds. The fourth-order valence-electron chi connectivity index (χ4n) is 3.03. The Morgan fingerprint density at radius 1 is 1.04 bits per heavy atom. The second-order valence-electron chi connectivity index (χ2n) is 6.21. The largest absolute Gasteiger partial charge is 0.369 e. The third kappa shape index (κ3) is 3.32. The molecule has 0 fully saturated rings. The standard InChI is InChI=1S/C18H16Cl2N2O3S/c1-9-3-10(2)5-11(4-9)26(24,25)18-12-6-13(19)14(20)7-15(12)22-16(18)8-17(21)23/h3-7,22H,8H2,1-2H3,(H2,21,23). The lowest BCUT2D eigenvalue weighted by atomic mass is 10.2. The predicted molar refractivity (Wildman–Crippen MR) is 103 cm³/mol. The number of benzene rings is 2. The van der Waals surface area contributed by atoms with Crippen molar-refractivity contribution in [2.75, 3.05) is 0 Å². The van der Waals surface area contributed by atoms with Gasteiger partial charge in [-0.2, -0.15) is 0 Å². The Morgan fingerprint density at radius 3 is 2.19 bits per heavy atom. The molecule has 0 aliphatic heterocycles. The van der Waals surface area contributed by atoms with Crippen LogP contribution in [0.5, 0.6) is 0 Å². The zero-order valence-electron chi connectivity index (χ0n) is 14.1. The van der Waals surface area contributed by atoms with E-state index in [-0.39, 0.29) is 32.0 Å². The first-order chi connectivity index (χ1) is 12.1. The highest BCUT2D eigenvalue weighted by Gasteiger charge is 2.28. The van der Waals surface area contributed by atoms with E-state index in [0.29, 0.717) is 10.9 Å². The first-order valence-corrected chi connectivity index (χ1v) is 9.95. The number of hydrogen-bond acceptors (Lipinski definition) is 3. The summed E-state index contributed by atoms with van der Waals surface area (Å²) < 4.78 is 26.7. The van der Waals surface area contributed by atoms with E-state index in [9.17, 15) is 13.2 Å². The molecule has 3 aromatic rings. The van der Waals surface area contributed by atoms with Crippen molar-refractivity contribution in [3.63, 3.8) is 0 Å². The van der Waals surface area contributed by atoms with Crippen molar-refractivity contribution < 1.29 is 13.2 Å². The number of carbonyl (C=O) groups excluding carboxylic acids is 1. The molecule has 2 aromatic carbocycles. The molecule has 0 saturated heterocycles. The summed E-state index contributed by atoms with van der Waals surface area (Å²) >= 11 is 12.1. The lowest BCUT2D eigenvalue weighted by molar-refractivity contribution is -0.117. The molecule has 0 bridgehead atoms. The van der Waals surface area contributed by atoms with Crippen LogP contribution in [-0.4, -0.2) is 19.3 Å². The second-order valence-corrected chi connectivity index (χ2v) is 8.92. The third-order valence-electron chi connectivity index (χ3n) is 3.99. The number of primary amides is 1. The molecule has 0 radical (unpaired) electrons. The maximum atomic E-state index is 13.4. The van der Waals surface area contributed by atoms with E-state index in [1.807, 2.05) is 19.9 Å². The van der Waals surface area contributed by atoms with E-state index in [2.05, 4.69) is 4.98 Å². The van der Waals surface area contributed by atoms with E-state index in [4.69, 9.17) is 28.9 Å². The summed E-state index contributed by atoms with van der Waals surface area (Å²) in [6, 6.07) is 8.08. The van der Waals surface area contributed by atoms with Crippen molar-refractivity contribution in [2.24, 2.45) is 5.73 Å². The van der Waals surface area contributed by atoms with Crippen molar-refractivity contribution >= 4 is 49.8 Å². The molecule has 3 rings (SSSR count). The number of aryl methyl sites for hydroxylation is 2. The molecule has 0 aliphatic carbocycles. The zero-order valence-corrected chi connectivity index (χ0v) is 16.4. The molecule has 0 aliphatic rings. The molecule has 1 heterocycles. The number of nitrogens with two attached hydrogens (primary N) is 1. The number of nitrogens with one attached hydrogen (secondary N) is 1. The average molecular weight is 411 g/mol. The van der Waals surface area contributed by atoms with E-state index >= 15 is 0 Å². The van der Waals surface area contributed by atoms with Gasteiger partial charge in [0.15, 0.2) is 0 Å². The highest BCUT2D eigenvalue weighted by Crippen LogP contribution is 2.36. The monoisotopic (exact) mass is 410 g/mol. The molecule has 1 aromatic heterocycles. The van der Waals surface area contributed by atoms with Crippen LogP contribution in [0.2, 0.25) is 10.0 Å². The van der Waals surface area contributed by atoms with Crippen molar-refractivity contribution in [3.8, 4) is 0 Å². The Bertz CT molecular complexity index is 1130. The second kappa shape index (κ2) is 6.61. The molecule has 5 nitrogen and oxygen atoms in total. The smallest absolute Gasteiger partial charge is 0.223 e. The normalized spacial score (nSPS) is 11.8. The number of fused-ring (bicyclic) bond motifs is 1.